The van der Waals surface area contributed by atoms with Gasteiger partial charge in [-0.05, 0) is 36.8 Å². The van der Waals surface area contributed by atoms with Crippen molar-refractivity contribution in [3.63, 3.8) is 0 Å². The molecule has 1 heterocycles. The van der Waals surface area contributed by atoms with Gasteiger partial charge in [0.25, 0.3) is 0 Å². The quantitative estimate of drug-likeness (QED) is 0.713. The predicted molar refractivity (Wildman–Crippen MR) is 96.1 cm³/mol. The van der Waals surface area contributed by atoms with Crippen LogP contribution in [0.5, 0.6) is 11.6 Å². The second kappa shape index (κ2) is 7.16. The van der Waals surface area contributed by atoms with E-state index in [0.29, 0.717) is 28.0 Å². The Bertz CT molecular complexity index is 908. The molecular weight excluding hydrogens is 343 g/mol. The molecule has 0 radical (unpaired) electrons. The van der Waals surface area contributed by atoms with Gasteiger partial charge in [-0.2, -0.15) is 0 Å². The number of phenols is 1. The normalized spacial score (nSPS) is 10.7. The average Bonchev–Trinajstić information content (AvgIpc) is 2.59. The van der Waals surface area contributed by atoms with Gasteiger partial charge in [-0.25, -0.2) is 13.8 Å². The summed E-state index contributed by atoms with van der Waals surface area (Å²) in [6.07, 6.45) is 0. The molecule has 128 valence electrons. The van der Waals surface area contributed by atoms with Gasteiger partial charge in [-0.1, -0.05) is 18.2 Å². The third kappa shape index (κ3) is 3.94. The molecule has 0 bridgehead atoms. The van der Waals surface area contributed by atoms with E-state index in [4.69, 9.17) is 4.74 Å². The first-order valence-corrected chi connectivity index (χ1v) is 8.15. The van der Waals surface area contributed by atoms with E-state index in [0.717, 1.165) is 5.56 Å². The fourth-order valence-corrected chi connectivity index (χ4v) is 2.66. The number of phenolic OH excluding ortho intramolecular Hbond substituents is 1. The van der Waals surface area contributed by atoms with E-state index >= 15 is 0 Å². The molecule has 1 atom stereocenters. The summed E-state index contributed by atoms with van der Waals surface area (Å²) in [7, 11) is 2.27. The van der Waals surface area contributed by atoms with Crippen LogP contribution in [0.4, 0.5) is 8.78 Å². The molecule has 0 amide bonds. The van der Waals surface area contributed by atoms with E-state index in [2.05, 4.69) is 14.2 Å². The predicted octanol–water partition coefficient (Wildman–Crippen LogP) is 4.12. The number of aromatic nitrogens is 1. The van der Waals surface area contributed by atoms with Gasteiger partial charge < -0.3 is 9.84 Å². The summed E-state index contributed by atoms with van der Waals surface area (Å²) >= 11 is 0. The van der Waals surface area contributed by atoms with Gasteiger partial charge in [0.1, 0.15) is 12.4 Å². The van der Waals surface area contributed by atoms with Gasteiger partial charge in [0.2, 0.25) is 5.88 Å². The summed E-state index contributed by atoms with van der Waals surface area (Å²) < 4.78 is 33.1. The van der Waals surface area contributed by atoms with Crippen molar-refractivity contribution >= 4 is 14.5 Å². The number of hydrogen-bond acceptors (Lipinski definition) is 3. The zero-order valence-electron chi connectivity index (χ0n) is 13.5. The summed E-state index contributed by atoms with van der Waals surface area (Å²) in [4.78, 5) is 4.31. The van der Waals surface area contributed by atoms with E-state index in [1.807, 2.05) is 13.0 Å². The first kappa shape index (κ1) is 17.3. The third-order valence-electron chi connectivity index (χ3n) is 3.70. The van der Waals surface area contributed by atoms with Gasteiger partial charge in [0.15, 0.2) is 11.6 Å². The molecule has 6 heteroatoms. The number of halogens is 2. The standard InChI is InChI=1S/C19H16F2NO2P/c1-11-5-6-12(14(20)7-11)10-24-18-4-2-3-16(22-18)13-8-15(21)19(23)17(25)9-13/h2-9,23H,10,25H2,1H3. The zero-order chi connectivity index (χ0) is 18.0. The number of hydrogen-bond donors (Lipinski definition) is 1. The Labute approximate surface area is 146 Å². The first-order valence-electron chi connectivity index (χ1n) is 7.57. The van der Waals surface area contributed by atoms with Crippen molar-refractivity contribution in [2.75, 3.05) is 0 Å². The molecule has 25 heavy (non-hydrogen) atoms. The number of aryl methyl sites for hydroxylation is 1. The molecule has 0 aliphatic carbocycles. The average molecular weight is 359 g/mol. The Morgan fingerprint density at radius 2 is 1.88 bits per heavy atom. The lowest BCUT2D eigenvalue weighted by Gasteiger charge is -2.09. The van der Waals surface area contributed by atoms with E-state index in [1.54, 1.807) is 30.3 Å². The Kier molecular flexibility index (Phi) is 4.95. The highest BCUT2D eigenvalue weighted by Gasteiger charge is 2.10. The fraction of sp³-hybridized carbons (Fsp3) is 0.105. The van der Waals surface area contributed by atoms with Gasteiger partial charge >= 0.3 is 0 Å². The molecule has 0 saturated heterocycles. The highest BCUT2D eigenvalue weighted by atomic mass is 31.0. The molecule has 3 nitrogen and oxygen atoms in total. The molecule has 2 aromatic carbocycles. The second-order valence-electron chi connectivity index (χ2n) is 5.64. The summed E-state index contributed by atoms with van der Waals surface area (Å²) in [5.74, 6) is -1.16. The monoisotopic (exact) mass is 359 g/mol. The van der Waals surface area contributed by atoms with Crippen molar-refractivity contribution in [2.24, 2.45) is 0 Å². The van der Waals surface area contributed by atoms with Crippen LogP contribution < -0.4 is 10.0 Å². The largest absolute Gasteiger partial charge is 0.504 e. The van der Waals surface area contributed by atoms with Crippen LogP contribution in [0.15, 0.2) is 48.5 Å². The molecule has 0 fully saturated rings. The number of pyridine rings is 1. The molecule has 0 saturated carbocycles. The van der Waals surface area contributed by atoms with Crippen molar-refractivity contribution in [1.29, 1.82) is 0 Å². The Balaban J connectivity index is 1.82. The van der Waals surface area contributed by atoms with Crippen molar-refractivity contribution in [1.82, 2.24) is 4.98 Å². The number of rotatable bonds is 4. The summed E-state index contributed by atoms with van der Waals surface area (Å²) in [5.41, 5.74) is 2.27. The van der Waals surface area contributed by atoms with E-state index in [1.165, 1.54) is 12.1 Å². The van der Waals surface area contributed by atoms with Crippen LogP contribution in [0.25, 0.3) is 11.3 Å². The maximum absolute atomic E-state index is 13.9. The lowest BCUT2D eigenvalue weighted by Crippen LogP contribution is -2.01. The van der Waals surface area contributed by atoms with Crippen LogP contribution in [-0.4, -0.2) is 10.1 Å². The number of benzene rings is 2. The van der Waals surface area contributed by atoms with E-state index < -0.39 is 11.6 Å². The van der Waals surface area contributed by atoms with Gasteiger partial charge in [0.05, 0.1) is 5.69 Å². The van der Waals surface area contributed by atoms with Crippen LogP contribution in [0.1, 0.15) is 11.1 Å². The zero-order valence-corrected chi connectivity index (χ0v) is 14.6. The summed E-state index contributed by atoms with van der Waals surface area (Å²) in [6.45, 7) is 1.86. The molecule has 1 N–H and O–H groups in total. The number of ether oxygens (including phenoxy) is 1. The minimum absolute atomic E-state index is 0.0430. The first-order chi connectivity index (χ1) is 11.9. The highest BCUT2D eigenvalue weighted by molar-refractivity contribution is 7.27. The minimum atomic E-state index is -0.725. The molecule has 3 rings (SSSR count). The number of nitrogens with zero attached hydrogens (tertiary/aromatic N) is 1. The van der Waals surface area contributed by atoms with Crippen molar-refractivity contribution < 1.29 is 18.6 Å². The van der Waals surface area contributed by atoms with Gasteiger partial charge in [-0.3, -0.25) is 0 Å². The van der Waals surface area contributed by atoms with E-state index in [9.17, 15) is 13.9 Å². The molecular formula is C19H16F2NO2P. The molecule has 0 aliphatic heterocycles. The van der Waals surface area contributed by atoms with Crippen LogP contribution in [-0.2, 0) is 6.61 Å². The third-order valence-corrected chi connectivity index (χ3v) is 4.14. The lowest BCUT2D eigenvalue weighted by atomic mass is 10.1. The van der Waals surface area contributed by atoms with Gasteiger partial charge in [0, 0.05) is 22.5 Å². The number of aromatic hydroxyl groups is 1. The second-order valence-corrected chi connectivity index (χ2v) is 6.26. The van der Waals surface area contributed by atoms with Crippen LogP contribution >= 0.6 is 9.24 Å². The van der Waals surface area contributed by atoms with Crippen molar-refractivity contribution in [3.05, 3.63) is 71.3 Å². The lowest BCUT2D eigenvalue weighted by molar-refractivity contribution is 0.288. The topological polar surface area (TPSA) is 42.4 Å². The molecule has 0 spiro atoms. The summed E-state index contributed by atoms with van der Waals surface area (Å²) in [6, 6.07) is 12.8. The Morgan fingerprint density at radius 1 is 1.08 bits per heavy atom. The SMILES string of the molecule is Cc1ccc(COc2cccc(-c3cc(F)c(O)c(P)c3)n2)c(F)c1. The van der Waals surface area contributed by atoms with Crippen molar-refractivity contribution in [2.45, 2.75) is 13.5 Å². The molecule has 0 aliphatic rings. The van der Waals surface area contributed by atoms with Gasteiger partial charge in [-0.15, -0.1) is 9.24 Å². The summed E-state index contributed by atoms with van der Waals surface area (Å²) in [5, 5.41) is 9.85. The van der Waals surface area contributed by atoms with E-state index in [-0.39, 0.29) is 12.4 Å². The molecule has 1 unspecified atom stereocenters. The van der Waals surface area contributed by atoms with Crippen LogP contribution in [0, 0.1) is 18.6 Å². The highest BCUT2D eigenvalue weighted by Crippen LogP contribution is 2.25. The Morgan fingerprint density at radius 3 is 2.60 bits per heavy atom. The van der Waals surface area contributed by atoms with Crippen molar-refractivity contribution in [3.8, 4) is 22.9 Å². The minimum Gasteiger partial charge on any atom is -0.504 e. The molecule has 1 aromatic heterocycles. The van der Waals surface area contributed by atoms with Crippen LogP contribution in [0.3, 0.4) is 0 Å². The van der Waals surface area contributed by atoms with Crippen LogP contribution in [0.2, 0.25) is 0 Å². The molecule has 3 aromatic rings. The maximum atomic E-state index is 13.9. The smallest absolute Gasteiger partial charge is 0.214 e. The maximum Gasteiger partial charge on any atom is 0.214 e. The Hall–Kier alpha value is -2.52. The fourth-order valence-electron chi connectivity index (χ4n) is 2.35.